The van der Waals surface area contributed by atoms with Crippen LogP contribution in [0.1, 0.15) is 33.8 Å². The van der Waals surface area contributed by atoms with Crippen LogP contribution in [0.5, 0.6) is 0 Å². The molecule has 2 aromatic heterocycles. The average molecular weight is 394 g/mol. The number of benzene rings is 1. The van der Waals surface area contributed by atoms with Gasteiger partial charge in [0.2, 0.25) is 0 Å². The van der Waals surface area contributed by atoms with Crippen LogP contribution in [-0.2, 0) is 6.54 Å². The van der Waals surface area contributed by atoms with Crippen molar-refractivity contribution in [2.24, 2.45) is 5.41 Å². The van der Waals surface area contributed by atoms with Gasteiger partial charge in [0.05, 0.1) is 18.0 Å². The van der Waals surface area contributed by atoms with Gasteiger partial charge in [0.15, 0.2) is 0 Å². The fourth-order valence-corrected chi connectivity index (χ4v) is 4.30. The number of thiazole rings is 1. The van der Waals surface area contributed by atoms with Gasteiger partial charge in [-0.05, 0) is 37.5 Å². The second kappa shape index (κ2) is 7.81. The number of aromatic nitrogens is 2. The van der Waals surface area contributed by atoms with Gasteiger partial charge >= 0.3 is 0 Å². The van der Waals surface area contributed by atoms with Gasteiger partial charge < -0.3 is 10.0 Å². The summed E-state index contributed by atoms with van der Waals surface area (Å²) >= 11 is 1.39. The Morgan fingerprint density at radius 3 is 2.57 bits per heavy atom. The van der Waals surface area contributed by atoms with Crippen LogP contribution < -0.4 is 0 Å². The average Bonchev–Trinajstić information content (AvgIpc) is 3.41. The zero-order chi connectivity index (χ0) is 19.6. The lowest BCUT2D eigenvalue weighted by atomic mass is 10.1. The van der Waals surface area contributed by atoms with Crippen molar-refractivity contribution in [1.29, 1.82) is 0 Å². The molecule has 0 atom stereocenters. The van der Waals surface area contributed by atoms with Crippen molar-refractivity contribution in [3.05, 3.63) is 70.9 Å². The lowest BCUT2D eigenvalue weighted by Crippen LogP contribution is -2.36. The zero-order valence-corrected chi connectivity index (χ0v) is 16.7. The van der Waals surface area contributed by atoms with E-state index in [-0.39, 0.29) is 17.9 Å². The molecule has 1 aromatic carbocycles. The van der Waals surface area contributed by atoms with E-state index >= 15 is 0 Å². The predicted octanol–water partition coefficient (Wildman–Crippen LogP) is 3.93. The highest BCUT2D eigenvalue weighted by atomic mass is 32.1. The Hall–Kier alpha value is -2.57. The summed E-state index contributed by atoms with van der Waals surface area (Å²) in [4.78, 5) is 24.9. The number of hydrogen-bond donors (Lipinski definition) is 1. The van der Waals surface area contributed by atoms with E-state index in [1.165, 1.54) is 11.3 Å². The van der Waals surface area contributed by atoms with Gasteiger partial charge in [0.25, 0.3) is 5.91 Å². The highest BCUT2D eigenvalue weighted by molar-refractivity contribution is 7.17. The van der Waals surface area contributed by atoms with Gasteiger partial charge in [0.1, 0.15) is 9.88 Å². The van der Waals surface area contributed by atoms with E-state index in [1.54, 1.807) is 6.20 Å². The highest BCUT2D eigenvalue weighted by Gasteiger charge is 2.44. The molecule has 28 heavy (non-hydrogen) atoms. The summed E-state index contributed by atoms with van der Waals surface area (Å²) in [6.45, 7) is 3.08. The van der Waals surface area contributed by atoms with E-state index in [9.17, 15) is 9.90 Å². The van der Waals surface area contributed by atoms with Crippen molar-refractivity contribution in [3.63, 3.8) is 0 Å². The molecule has 0 saturated heterocycles. The monoisotopic (exact) mass is 393 g/mol. The quantitative estimate of drug-likeness (QED) is 0.660. The largest absolute Gasteiger partial charge is 0.396 e. The number of amides is 1. The highest BCUT2D eigenvalue weighted by Crippen LogP contribution is 2.46. The molecule has 1 fully saturated rings. The first-order valence-electron chi connectivity index (χ1n) is 9.43. The fourth-order valence-electron chi connectivity index (χ4n) is 3.29. The zero-order valence-electron chi connectivity index (χ0n) is 15.8. The molecule has 1 saturated carbocycles. The van der Waals surface area contributed by atoms with Crippen molar-refractivity contribution in [2.45, 2.75) is 26.3 Å². The van der Waals surface area contributed by atoms with E-state index in [4.69, 9.17) is 0 Å². The summed E-state index contributed by atoms with van der Waals surface area (Å²) in [7, 11) is 0. The molecule has 1 amide bonds. The molecule has 0 bridgehead atoms. The summed E-state index contributed by atoms with van der Waals surface area (Å²) in [6, 6.07) is 15.7. The van der Waals surface area contributed by atoms with E-state index < -0.39 is 0 Å². The molecule has 4 rings (SSSR count). The molecule has 0 radical (unpaired) electrons. The van der Waals surface area contributed by atoms with Gasteiger partial charge in [-0.1, -0.05) is 36.4 Å². The first-order valence-corrected chi connectivity index (χ1v) is 10.2. The second-order valence-electron chi connectivity index (χ2n) is 7.45. The summed E-state index contributed by atoms with van der Waals surface area (Å²) in [5.41, 5.74) is 2.44. The summed E-state index contributed by atoms with van der Waals surface area (Å²) in [6.07, 6.45) is 3.65. The lowest BCUT2D eigenvalue weighted by Gasteiger charge is -2.26. The predicted molar refractivity (Wildman–Crippen MR) is 110 cm³/mol. The van der Waals surface area contributed by atoms with Crippen molar-refractivity contribution in [2.75, 3.05) is 13.2 Å². The number of hydrogen-bond acceptors (Lipinski definition) is 5. The van der Waals surface area contributed by atoms with Crippen LogP contribution in [0.25, 0.3) is 10.7 Å². The van der Waals surface area contributed by atoms with E-state index in [0.717, 1.165) is 34.8 Å². The number of rotatable bonds is 7. The fraction of sp³-hybridized carbons (Fsp3) is 0.318. The molecule has 2 heterocycles. The number of nitrogens with zero attached hydrogens (tertiary/aromatic N) is 3. The molecule has 1 aliphatic rings. The molecular formula is C22H23N3O2S. The Morgan fingerprint density at radius 1 is 1.18 bits per heavy atom. The smallest absolute Gasteiger partial charge is 0.266 e. The van der Waals surface area contributed by atoms with Gasteiger partial charge in [-0.25, -0.2) is 4.98 Å². The molecule has 1 N–H and O–H groups in total. The van der Waals surface area contributed by atoms with Crippen molar-refractivity contribution >= 4 is 17.2 Å². The van der Waals surface area contributed by atoms with E-state index in [0.29, 0.717) is 18.0 Å². The maximum Gasteiger partial charge on any atom is 0.266 e. The van der Waals surface area contributed by atoms with E-state index in [1.807, 2.05) is 60.4 Å². The summed E-state index contributed by atoms with van der Waals surface area (Å²) in [5.74, 6) is -0.0271. The molecule has 0 spiro atoms. The Balaban J connectivity index is 1.62. The molecule has 5 nitrogen and oxygen atoms in total. The van der Waals surface area contributed by atoms with Crippen LogP contribution in [0, 0.1) is 12.3 Å². The topological polar surface area (TPSA) is 66.3 Å². The second-order valence-corrected chi connectivity index (χ2v) is 8.45. The van der Waals surface area contributed by atoms with Crippen LogP contribution in [0.15, 0.2) is 54.7 Å². The van der Waals surface area contributed by atoms with E-state index in [2.05, 4.69) is 9.97 Å². The summed E-state index contributed by atoms with van der Waals surface area (Å²) in [5, 5.41) is 10.5. The third-order valence-electron chi connectivity index (χ3n) is 5.20. The normalized spacial score (nSPS) is 14.6. The number of aliphatic hydroxyl groups is 1. The molecular weight excluding hydrogens is 370 g/mol. The molecule has 6 heteroatoms. The minimum absolute atomic E-state index is 0.0271. The Kier molecular flexibility index (Phi) is 5.24. The third kappa shape index (κ3) is 3.98. The SMILES string of the molecule is Cc1nc(-c2ccccn2)sc1C(=O)N(Cc1ccccc1)CC1(CO)CC1. The minimum Gasteiger partial charge on any atom is -0.396 e. The van der Waals surface area contributed by atoms with Crippen LogP contribution in [-0.4, -0.2) is 39.0 Å². The Labute approximate surface area is 168 Å². The van der Waals surface area contributed by atoms with Crippen molar-refractivity contribution in [3.8, 4) is 10.7 Å². The maximum absolute atomic E-state index is 13.4. The summed E-state index contributed by atoms with van der Waals surface area (Å²) < 4.78 is 0. The Bertz CT molecular complexity index is 952. The van der Waals surface area contributed by atoms with Gasteiger partial charge in [-0.3, -0.25) is 9.78 Å². The Morgan fingerprint density at radius 2 is 1.93 bits per heavy atom. The van der Waals surface area contributed by atoms with Crippen LogP contribution in [0.3, 0.4) is 0 Å². The molecule has 144 valence electrons. The van der Waals surface area contributed by atoms with Crippen LogP contribution >= 0.6 is 11.3 Å². The van der Waals surface area contributed by atoms with Crippen molar-refractivity contribution < 1.29 is 9.90 Å². The number of aliphatic hydroxyl groups excluding tert-OH is 1. The maximum atomic E-state index is 13.4. The molecule has 0 aliphatic heterocycles. The lowest BCUT2D eigenvalue weighted by molar-refractivity contribution is 0.0669. The van der Waals surface area contributed by atoms with Gasteiger partial charge in [-0.2, -0.15) is 0 Å². The van der Waals surface area contributed by atoms with Crippen molar-refractivity contribution in [1.82, 2.24) is 14.9 Å². The first-order chi connectivity index (χ1) is 13.6. The molecule has 3 aromatic rings. The van der Waals surface area contributed by atoms with Gasteiger partial charge in [-0.15, -0.1) is 11.3 Å². The number of pyridine rings is 1. The molecule has 1 aliphatic carbocycles. The first kappa shape index (κ1) is 18.8. The minimum atomic E-state index is -0.146. The molecule has 0 unspecified atom stereocenters. The third-order valence-corrected chi connectivity index (χ3v) is 6.37. The number of carbonyl (C=O) groups is 1. The van der Waals surface area contributed by atoms with Crippen LogP contribution in [0.2, 0.25) is 0 Å². The van der Waals surface area contributed by atoms with Gasteiger partial charge in [0, 0.05) is 24.7 Å². The number of carbonyl (C=O) groups excluding carboxylic acids is 1. The number of aryl methyl sites for hydroxylation is 1. The standard InChI is InChI=1S/C22H23N3O2S/c1-16-19(28-20(24-16)18-9-5-6-12-23-18)21(27)25(14-22(15-26)10-11-22)13-17-7-3-2-4-8-17/h2-9,12,26H,10-11,13-15H2,1H3. The van der Waals surface area contributed by atoms with Crippen LogP contribution in [0.4, 0.5) is 0 Å².